The van der Waals surface area contributed by atoms with E-state index in [2.05, 4.69) is 15.7 Å². The van der Waals surface area contributed by atoms with E-state index in [0.717, 1.165) is 5.76 Å². The van der Waals surface area contributed by atoms with Crippen molar-refractivity contribution in [3.05, 3.63) is 45.9 Å². The van der Waals surface area contributed by atoms with Gasteiger partial charge in [-0.3, -0.25) is 10.1 Å². The van der Waals surface area contributed by atoms with Gasteiger partial charge in [-0.15, -0.1) is 0 Å². The molecule has 8 nitrogen and oxygen atoms in total. The lowest BCUT2D eigenvalue weighted by molar-refractivity contribution is -0.384. The molecule has 0 bridgehead atoms. The molecule has 2 aromatic rings. The Bertz CT molecular complexity index is 625. The second-order valence-corrected chi connectivity index (χ2v) is 4.28. The fourth-order valence-electron chi connectivity index (χ4n) is 1.75. The molecule has 8 heteroatoms. The summed E-state index contributed by atoms with van der Waals surface area (Å²) in [6.07, 6.45) is 0. The smallest absolute Gasteiger partial charge is 0.311 e. The molecule has 0 radical (unpaired) electrons. The number of anilines is 2. The van der Waals surface area contributed by atoms with Crippen molar-refractivity contribution in [2.24, 2.45) is 5.84 Å². The monoisotopic (exact) mass is 277 g/mol. The molecule has 2 heterocycles. The van der Waals surface area contributed by atoms with E-state index in [0.29, 0.717) is 11.6 Å². The lowest BCUT2D eigenvalue weighted by Gasteiger charge is -2.13. The molecule has 0 aromatic carbocycles. The number of nitro groups is 1. The van der Waals surface area contributed by atoms with E-state index in [1.165, 1.54) is 12.1 Å². The van der Waals surface area contributed by atoms with Gasteiger partial charge in [-0.25, -0.2) is 10.8 Å². The van der Waals surface area contributed by atoms with E-state index in [9.17, 15) is 10.1 Å². The minimum Gasteiger partial charge on any atom is -0.464 e. The number of rotatable bonds is 5. The van der Waals surface area contributed by atoms with Crippen LogP contribution in [0, 0.1) is 17.0 Å². The van der Waals surface area contributed by atoms with E-state index in [4.69, 9.17) is 10.3 Å². The third-order valence-corrected chi connectivity index (χ3v) is 2.76. The molecule has 0 fully saturated rings. The Morgan fingerprint density at radius 1 is 1.40 bits per heavy atom. The number of hydrogen-bond acceptors (Lipinski definition) is 7. The maximum atomic E-state index is 11.0. The predicted octanol–water partition coefficient (Wildman–Crippen LogP) is 2.35. The normalized spacial score (nSPS) is 11.9. The highest BCUT2D eigenvalue weighted by Crippen LogP contribution is 2.28. The van der Waals surface area contributed by atoms with Gasteiger partial charge in [0.25, 0.3) is 0 Å². The largest absolute Gasteiger partial charge is 0.464 e. The molecule has 0 saturated carbocycles. The first-order valence-electron chi connectivity index (χ1n) is 5.96. The Kier molecular flexibility index (Phi) is 3.85. The molecule has 1 unspecified atom stereocenters. The van der Waals surface area contributed by atoms with E-state index < -0.39 is 4.92 Å². The summed E-state index contributed by atoms with van der Waals surface area (Å²) in [6.45, 7) is 3.65. The number of aromatic nitrogens is 1. The average molecular weight is 277 g/mol. The standard InChI is InChI=1S/C12H15N5O3/c1-7-3-5-10(20-7)8(2)14-12-9(17(18)19)4-6-11(15-12)16-13/h3-6,8H,13H2,1-2H3,(H2,14,15,16). The molecule has 1 atom stereocenters. The molecule has 0 spiro atoms. The lowest BCUT2D eigenvalue weighted by atomic mass is 10.2. The minimum absolute atomic E-state index is 0.126. The van der Waals surface area contributed by atoms with Crippen molar-refractivity contribution in [1.82, 2.24) is 4.98 Å². The average Bonchev–Trinajstić information content (AvgIpc) is 2.85. The molecule has 0 aliphatic rings. The zero-order chi connectivity index (χ0) is 14.7. The second kappa shape index (κ2) is 5.57. The Morgan fingerprint density at radius 3 is 2.70 bits per heavy atom. The van der Waals surface area contributed by atoms with Gasteiger partial charge >= 0.3 is 5.69 Å². The van der Waals surface area contributed by atoms with Gasteiger partial charge in [0, 0.05) is 6.07 Å². The van der Waals surface area contributed by atoms with Crippen molar-refractivity contribution in [3.8, 4) is 0 Å². The summed E-state index contributed by atoms with van der Waals surface area (Å²) in [6, 6.07) is 6.15. The number of nitrogens with two attached hydrogens (primary N) is 1. The van der Waals surface area contributed by atoms with Gasteiger partial charge in [0.1, 0.15) is 17.3 Å². The highest BCUT2D eigenvalue weighted by Gasteiger charge is 2.19. The number of hydrogen-bond donors (Lipinski definition) is 3. The van der Waals surface area contributed by atoms with Crippen molar-refractivity contribution in [3.63, 3.8) is 0 Å². The van der Waals surface area contributed by atoms with Crippen LogP contribution in [0.15, 0.2) is 28.7 Å². The van der Waals surface area contributed by atoms with Gasteiger partial charge in [0.05, 0.1) is 11.0 Å². The van der Waals surface area contributed by atoms with Crippen LogP contribution < -0.4 is 16.6 Å². The first kappa shape index (κ1) is 13.8. The molecular formula is C12H15N5O3. The summed E-state index contributed by atoms with van der Waals surface area (Å²) >= 11 is 0. The fraction of sp³-hybridized carbons (Fsp3) is 0.250. The van der Waals surface area contributed by atoms with Crippen LogP contribution in [0.3, 0.4) is 0 Å². The van der Waals surface area contributed by atoms with Crippen LogP contribution in [0.5, 0.6) is 0 Å². The van der Waals surface area contributed by atoms with Crippen LogP contribution in [0.4, 0.5) is 17.3 Å². The first-order chi connectivity index (χ1) is 9.51. The number of furan rings is 1. The molecule has 0 saturated heterocycles. The fourth-order valence-corrected chi connectivity index (χ4v) is 1.75. The van der Waals surface area contributed by atoms with Crippen LogP contribution in [-0.4, -0.2) is 9.91 Å². The molecule has 106 valence electrons. The van der Waals surface area contributed by atoms with Gasteiger partial charge in [-0.05, 0) is 32.0 Å². The maximum absolute atomic E-state index is 11.0. The Hall–Kier alpha value is -2.61. The summed E-state index contributed by atoms with van der Waals surface area (Å²) in [5.74, 6) is 7.17. The third-order valence-electron chi connectivity index (χ3n) is 2.76. The van der Waals surface area contributed by atoms with Crippen molar-refractivity contribution >= 4 is 17.3 Å². The number of pyridine rings is 1. The topological polar surface area (TPSA) is 119 Å². The number of hydrazine groups is 1. The zero-order valence-electron chi connectivity index (χ0n) is 11.1. The second-order valence-electron chi connectivity index (χ2n) is 4.28. The van der Waals surface area contributed by atoms with Crippen molar-refractivity contribution < 1.29 is 9.34 Å². The van der Waals surface area contributed by atoms with Crippen LogP contribution in [0.1, 0.15) is 24.5 Å². The summed E-state index contributed by atoms with van der Waals surface area (Å²) in [4.78, 5) is 14.5. The quantitative estimate of drug-likeness (QED) is 0.436. The van der Waals surface area contributed by atoms with E-state index >= 15 is 0 Å². The van der Waals surface area contributed by atoms with Gasteiger partial charge in [0.2, 0.25) is 5.82 Å². The minimum atomic E-state index is -0.504. The zero-order valence-corrected chi connectivity index (χ0v) is 11.1. The SMILES string of the molecule is Cc1ccc(C(C)Nc2nc(NN)ccc2[N+](=O)[O-])o1. The van der Waals surface area contributed by atoms with E-state index in [-0.39, 0.29) is 17.5 Å². The van der Waals surface area contributed by atoms with Crippen molar-refractivity contribution in [2.45, 2.75) is 19.9 Å². The van der Waals surface area contributed by atoms with Gasteiger partial charge < -0.3 is 15.2 Å². The number of nitrogens with one attached hydrogen (secondary N) is 2. The summed E-state index contributed by atoms with van der Waals surface area (Å²) in [5, 5.41) is 13.9. The number of nitrogen functional groups attached to an aromatic ring is 1. The molecule has 20 heavy (non-hydrogen) atoms. The molecule has 2 aromatic heterocycles. The maximum Gasteiger partial charge on any atom is 0.311 e. The van der Waals surface area contributed by atoms with Crippen molar-refractivity contribution in [2.75, 3.05) is 10.7 Å². The van der Waals surface area contributed by atoms with Crippen LogP contribution >= 0.6 is 0 Å². The molecule has 4 N–H and O–H groups in total. The van der Waals surface area contributed by atoms with E-state index in [1.807, 2.05) is 26.0 Å². The van der Waals surface area contributed by atoms with Crippen molar-refractivity contribution in [1.29, 1.82) is 0 Å². The Balaban J connectivity index is 2.29. The molecular weight excluding hydrogens is 262 g/mol. The van der Waals surface area contributed by atoms with Gasteiger partial charge in [-0.2, -0.15) is 0 Å². The first-order valence-corrected chi connectivity index (χ1v) is 5.96. The molecule has 2 rings (SSSR count). The molecule has 0 amide bonds. The van der Waals surface area contributed by atoms with Crippen LogP contribution in [-0.2, 0) is 0 Å². The highest BCUT2D eigenvalue weighted by atomic mass is 16.6. The van der Waals surface area contributed by atoms with Crippen LogP contribution in [0.2, 0.25) is 0 Å². The lowest BCUT2D eigenvalue weighted by Crippen LogP contribution is -2.13. The highest BCUT2D eigenvalue weighted by molar-refractivity contribution is 5.60. The van der Waals surface area contributed by atoms with Gasteiger partial charge in [0.15, 0.2) is 0 Å². The Morgan fingerprint density at radius 2 is 2.15 bits per heavy atom. The summed E-state index contributed by atoms with van der Waals surface area (Å²) in [7, 11) is 0. The molecule has 0 aliphatic carbocycles. The number of aryl methyl sites for hydroxylation is 1. The van der Waals surface area contributed by atoms with Gasteiger partial charge in [-0.1, -0.05) is 0 Å². The third kappa shape index (κ3) is 2.86. The summed E-state index contributed by atoms with van der Waals surface area (Å²) in [5.41, 5.74) is 2.23. The predicted molar refractivity (Wildman–Crippen MR) is 74.2 cm³/mol. The Labute approximate surface area is 115 Å². The van der Waals surface area contributed by atoms with Crippen LogP contribution in [0.25, 0.3) is 0 Å². The van der Waals surface area contributed by atoms with E-state index in [1.54, 1.807) is 0 Å². The summed E-state index contributed by atoms with van der Waals surface area (Å²) < 4.78 is 5.47. The molecule has 0 aliphatic heterocycles. The number of nitrogens with zero attached hydrogens (tertiary/aromatic N) is 2.